The molecule has 1 saturated heterocycles. The summed E-state index contributed by atoms with van der Waals surface area (Å²) < 4.78 is 12.2. The van der Waals surface area contributed by atoms with Gasteiger partial charge < -0.3 is 29.8 Å². The van der Waals surface area contributed by atoms with Crippen molar-refractivity contribution in [3.8, 4) is 0 Å². The van der Waals surface area contributed by atoms with E-state index in [9.17, 15) is 24.6 Å². The molecule has 34 heavy (non-hydrogen) atoms. The number of hydrogen-bond donors (Lipinski definition) is 3. The second-order valence-electron chi connectivity index (χ2n) is 7.80. The molecule has 3 heterocycles. The van der Waals surface area contributed by atoms with Gasteiger partial charge in [-0.15, -0.1) is 0 Å². The molecule has 3 N–H and O–H groups in total. The number of aromatic nitrogens is 4. The Morgan fingerprint density at radius 1 is 1.09 bits per heavy atom. The van der Waals surface area contributed by atoms with Crippen LogP contribution in [0.25, 0.3) is 11.2 Å². The van der Waals surface area contributed by atoms with E-state index >= 15 is 0 Å². The number of anilines is 1. The molecule has 12 heteroatoms. The quantitative estimate of drug-likeness (QED) is 0.398. The number of amides is 1. The molecule has 1 fully saturated rings. The normalized spacial score (nSPS) is 22.0. The highest BCUT2D eigenvalue weighted by molar-refractivity contribution is 6.06. The predicted octanol–water partition coefficient (Wildman–Crippen LogP) is 0.610. The van der Waals surface area contributed by atoms with E-state index in [0.29, 0.717) is 5.56 Å². The summed E-state index contributed by atoms with van der Waals surface area (Å²) >= 11 is 0. The summed E-state index contributed by atoms with van der Waals surface area (Å²) in [4.78, 5) is 47.8. The third-order valence-corrected chi connectivity index (χ3v) is 5.33. The number of rotatable bonds is 8. The first-order chi connectivity index (χ1) is 16.3. The Bertz CT molecular complexity index is 1200. The standard InChI is InChI=1S/C22H23N5O7/c1-12(28)7-8-15(29)33-9-14-17(30)18(31)22(34-14)27-11-25-16-19(23-10-24-20(16)27)26-21(32)13-5-3-2-4-6-13/h2-6,10-11,14,17-18,22,30-31H,7-9H2,1H3,(H,23,24,26,32)/t14-,17-,18-,22-/m1/s1. The molecule has 1 amide bonds. The molecule has 12 nitrogen and oxygen atoms in total. The summed E-state index contributed by atoms with van der Waals surface area (Å²) in [6.07, 6.45) is -2.23. The van der Waals surface area contributed by atoms with Crippen molar-refractivity contribution in [1.29, 1.82) is 0 Å². The van der Waals surface area contributed by atoms with Gasteiger partial charge in [-0.2, -0.15) is 0 Å². The first-order valence-electron chi connectivity index (χ1n) is 10.6. The number of esters is 1. The molecule has 0 saturated carbocycles. The molecule has 0 bridgehead atoms. The maximum absolute atomic E-state index is 12.5. The number of aliphatic hydroxyl groups excluding tert-OH is 2. The monoisotopic (exact) mass is 469 g/mol. The summed E-state index contributed by atoms with van der Waals surface area (Å²) in [6.45, 7) is 1.07. The van der Waals surface area contributed by atoms with Gasteiger partial charge in [0.15, 0.2) is 23.2 Å². The smallest absolute Gasteiger partial charge is 0.306 e. The molecule has 1 aromatic carbocycles. The highest BCUT2D eigenvalue weighted by Gasteiger charge is 2.45. The topological polar surface area (TPSA) is 166 Å². The number of Topliss-reactive ketones (excluding diaryl/α,β-unsaturated/α-hetero) is 1. The Balaban J connectivity index is 1.48. The van der Waals surface area contributed by atoms with Gasteiger partial charge in [0.25, 0.3) is 5.91 Å². The van der Waals surface area contributed by atoms with Gasteiger partial charge >= 0.3 is 5.97 Å². The fourth-order valence-electron chi connectivity index (χ4n) is 3.52. The van der Waals surface area contributed by atoms with Crippen LogP contribution in [0.2, 0.25) is 0 Å². The minimum atomic E-state index is -1.37. The molecular formula is C22H23N5O7. The lowest BCUT2D eigenvalue weighted by atomic mass is 10.1. The largest absolute Gasteiger partial charge is 0.463 e. The number of imidazole rings is 1. The van der Waals surface area contributed by atoms with Crippen LogP contribution in [0.1, 0.15) is 36.4 Å². The van der Waals surface area contributed by atoms with Gasteiger partial charge in [-0.3, -0.25) is 14.2 Å². The van der Waals surface area contributed by atoms with E-state index in [0.717, 1.165) is 0 Å². The van der Waals surface area contributed by atoms with Crippen molar-refractivity contribution in [3.05, 3.63) is 48.5 Å². The predicted molar refractivity (Wildman–Crippen MR) is 117 cm³/mol. The van der Waals surface area contributed by atoms with Gasteiger partial charge in [0.05, 0.1) is 12.7 Å². The maximum Gasteiger partial charge on any atom is 0.306 e. The lowest BCUT2D eigenvalue weighted by molar-refractivity contribution is -0.150. The van der Waals surface area contributed by atoms with Crippen LogP contribution in [0.5, 0.6) is 0 Å². The van der Waals surface area contributed by atoms with E-state index in [1.54, 1.807) is 30.3 Å². The van der Waals surface area contributed by atoms with E-state index in [-0.39, 0.29) is 48.1 Å². The van der Waals surface area contributed by atoms with Crippen LogP contribution in [0.3, 0.4) is 0 Å². The molecule has 2 aromatic heterocycles. The summed E-state index contributed by atoms with van der Waals surface area (Å²) in [5.41, 5.74) is 0.956. The van der Waals surface area contributed by atoms with Crippen LogP contribution in [0, 0.1) is 0 Å². The number of nitrogens with zero attached hydrogens (tertiary/aromatic N) is 4. The van der Waals surface area contributed by atoms with Crippen molar-refractivity contribution in [2.45, 2.75) is 44.3 Å². The van der Waals surface area contributed by atoms with E-state index < -0.39 is 30.5 Å². The fourth-order valence-corrected chi connectivity index (χ4v) is 3.52. The van der Waals surface area contributed by atoms with E-state index in [1.165, 1.54) is 24.1 Å². The number of aliphatic hydroxyl groups is 2. The van der Waals surface area contributed by atoms with E-state index in [1.807, 2.05) is 0 Å². The minimum absolute atomic E-state index is 0.0576. The van der Waals surface area contributed by atoms with Crippen molar-refractivity contribution in [2.24, 2.45) is 0 Å². The fraction of sp³-hybridized carbons (Fsp3) is 0.364. The maximum atomic E-state index is 12.5. The molecule has 0 radical (unpaired) electrons. The molecule has 0 spiro atoms. The van der Waals surface area contributed by atoms with Gasteiger partial charge in [-0.1, -0.05) is 18.2 Å². The van der Waals surface area contributed by atoms with Gasteiger partial charge in [-0.05, 0) is 19.1 Å². The van der Waals surface area contributed by atoms with Crippen LogP contribution in [-0.4, -0.2) is 72.3 Å². The molecule has 178 valence electrons. The Labute approximate surface area is 193 Å². The summed E-state index contributed by atoms with van der Waals surface area (Å²) in [7, 11) is 0. The molecule has 4 rings (SSSR count). The third kappa shape index (κ3) is 4.93. The van der Waals surface area contributed by atoms with Crippen molar-refractivity contribution >= 4 is 34.6 Å². The average molecular weight is 469 g/mol. The number of ketones is 1. The first-order valence-corrected chi connectivity index (χ1v) is 10.6. The zero-order chi connectivity index (χ0) is 24.2. The summed E-state index contributed by atoms with van der Waals surface area (Å²) in [5.74, 6) is -0.961. The third-order valence-electron chi connectivity index (χ3n) is 5.33. The van der Waals surface area contributed by atoms with Crippen molar-refractivity contribution in [1.82, 2.24) is 19.5 Å². The molecule has 4 atom stereocenters. The van der Waals surface area contributed by atoms with Crippen LogP contribution < -0.4 is 5.32 Å². The Morgan fingerprint density at radius 3 is 2.59 bits per heavy atom. The number of carbonyl (C=O) groups excluding carboxylic acids is 3. The number of hydrogen-bond acceptors (Lipinski definition) is 10. The number of carbonyl (C=O) groups is 3. The van der Waals surface area contributed by atoms with Gasteiger partial charge in [-0.25, -0.2) is 15.0 Å². The highest BCUT2D eigenvalue weighted by Crippen LogP contribution is 2.32. The highest BCUT2D eigenvalue weighted by atomic mass is 16.6. The summed E-state index contributed by atoms with van der Waals surface area (Å²) in [6, 6.07) is 8.58. The Hall–Kier alpha value is -3.74. The Morgan fingerprint density at radius 2 is 1.85 bits per heavy atom. The lowest BCUT2D eigenvalue weighted by Gasteiger charge is -2.16. The number of benzene rings is 1. The molecule has 0 unspecified atom stereocenters. The SMILES string of the molecule is CC(=O)CCC(=O)OC[C@H]1O[C@@H](n2cnc3c(NC(=O)c4ccccc4)ncnc32)[C@H](O)[C@@H]1O. The number of fused-ring (bicyclic) bond motifs is 1. The number of nitrogens with one attached hydrogen (secondary N) is 1. The van der Waals surface area contributed by atoms with Crippen LogP contribution in [-0.2, 0) is 19.1 Å². The van der Waals surface area contributed by atoms with Gasteiger partial charge in [0, 0.05) is 12.0 Å². The minimum Gasteiger partial charge on any atom is -0.463 e. The number of ether oxygens (including phenoxy) is 2. The summed E-state index contributed by atoms with van der Waals surface area (Å²) in [5, 5.41) is 23.6. The van der Waals surface area contributed by atoms with Crippen LogP contribution in [0.15, 0.2) is 43.0 Å². The van der Waals surface area contributed by atoms with Gasteiger partial charge in [0.1, 0.15) is 37.0 Å². The molecular weight excluding hydrogens is 446 g/mol. The second-order valence-corrected chi connectivity index (χ2v) is 7.80. The van der Waals surface area contributed by atoms with E-state index in [2.05, 4.69) is 20.3 Å². The zero-order valence-corrected chi connectivity index (χ0v) is 18.2. The van der Waals surface area contributed by atoms with Gasteiger partial charge in [0.2, 0.25) is 0 Å². The zero-order valence-electron chi connectivity index (χ0n) is 18.2. The second kappa shape index (κ2) is 10.0. The molecule has 1 aliphatic heterocycles. The van der Waals surface area contributed by atoms with Crippen molar-refractivity contribution in [2.75, 3.05) is 11.9 Å². The molecule has 1 aliphatic rings. The van der Waals surface area contributed by atoms with E-state index in [4.69, 9.17) is 9.47 Å². The van der Waals surface area contributed by atoms with Crippen molar-refractivity contribution in [3.63, 3.8) is 0 Å². The Kier molecular flexibility index (Phi) is 6.91. The van der Waals surface area contributed by atoms with Crippen LogP contribution >= 0.6 is 0 Å². The van der Waals surface area contributed by atoms with Crippen LogP contribution in [0.4, 0.5) is 5.82 Å². The lowest BCUT2D eigenvalue weighted by Crippen LogP contribution is -2.34. The molecule has 3 aromatic rings. The first kappa shape index (κ1) is 23.4. The molecule has 0 aliphatic carbocycles. The van der Waals surface area contributed by atoms with Crippen molar-refractivity contribution < 1.29 is 34.1 Å². The average Bonchev–Trinajstić information content (AvgIpc) is 3.38.